The number of ether oxygens (including phenoxy) is 1. The van der Waals surface area contributed by atoms with Gasteiger partial charge in [-0.05, 0) is 18.4 Å². The average Bonchev–Trinajstić information content (AvgIpc) is 3.21. The Morgan fingerprint density at radius 3 is 2.79 bits per heavy atom. The molecule has 1 aromatic heterocycles. The van der Waals surface area contributed by atoms with Crippen LogP contribution in [0.1, 0.15) is 30.1 Å². The van der Waals surface area contributed by atoms with Crippen molar-refractivity contribution in [3.63, 3.8) is 0 Å². The third-order valence-corrected chi connectivity index (χ3v) is 3.69. The zero-order valence-electron chi connectivity index (χ0n) is 11.4. The predicted octanol–water partition coefficient (Wildman–Crippen LogP) is 2.69. The lowest BCUT2D eigenvalue weighted by Crippen LogP contribution is -2.00. The zero-order chi connectivity index (χ0) is 13.4. The Bertz CT molecular complexity index is 599. The van der Waals surface area contributed by atoms with E-state index in [2.05, 4.69) is 12.1 Å². The Morgan fingerprint density at radius 2 is 2.11 bits per heavy atom. The fraction of sp³-hybridized carbons (Fsp3) is 0.400. The number of methoxy groups -OCH3 is 1. The highest BCUT2D eigenvalue weighted by Gasteiger charge is 2.30. The van der Waals surface area contributed by atoms with Gasteiger partial charge in [0.15, 0.2) is 0 Å². The van der Waals surface area contributed by atoms with Crippen molar-refractivity contribution in [2.45, 2.75) is 25.4 Å². The van der Waals surface area contributed by atoms with E-state index < -0.39 is 0 Å². The zero-order valence-corrected chi connectivity index (χ0v) is 11.4. The third kappa shape index (κ3) is 2.12. The van der Waals surface area contributed by atoms with E-state index in [0.717, 1.165) is 28.5 Å². The van der Waals surface area contributed by atoms with Crippen molar-refractivity contribution in [3.8, 4) is 11.3 Å². The van der Waals surface area contributed by atoms with Crippen LogP contribution in [0.5, 0.6) is 0 Å². The highest BCUT2D eigenvalue weighted by molar-refractivity contribution is 5.73. The van der Waals surface area contributed by atoms with Crippen molar-refractivity contribution < 1.29 is 4.74 Å². The molecule has 1 saturated carbocycles. The first kappa shape index (κ1) is 12.2. The molecule has 0 bridgehead atoms. The van der Waals surface area contributed by atoms with Crippen molar-refractivity contribution >= 4 is 5.82 Å². The van der Waals surface area contributed by atoms with Crippen molar-refractivity contribution in [1.29, 1.82) is 0 Å². The number of hydrogen-bond donors (Lipinski definition) is 1. The van der Waals surface area contributed by atoms with Crippen molar-refractivity contribution in [1.82, 2.24) is 9.55 Å². The van der Waals surface area contributed by atoms with Crippen LogP contribution in [-0.4, -0.2) is 16.7 Å². The molecule has 1 aliphatic carbocycles. The Labute approximate surface area is 113 Å². The van der Waals surface area contributed by atoms with E-state index >= 15 is 0 Å². The van der Waals surface area contributed by atoms with Gasteiger partial charge in [0.25, 0.3) is 0 Å². The molecule has 2 aromatic rings. The molecule has 100 valence electrons. The van der Waals surface area contributed by atoms with Gasteiger partial charge in [0, 0.05) is 25.6 Å². The molecule has 19 heavy (non-hydrogen) atoms. The first-order valence-electron chi connectivity index (χ1n) is 6.61. The summed E-state index contributed by atoms with van der Waals surface area (Å²) in [6.45, 7) is 0.574. The van der Waals surface area contributed by atoms with Crippen LogP contribution >= 0.6 is 0 Å². The molecule has 0 radical (unpaired) electrons. The van der Waals surface area contributed by atoms with Gasteiger partial charge in [0.1, 0.15) is 17.3 Å². The molecule has 2 N–H and O–H groups in total. The molecule has 1 heterocycles. The minimum atomic E-state index is 0.574. The van der Waals surface area contributed by atoms with Crippen molar-refractivity contribution in [3.05, 3.63) is 35.7 Å². The molecule has 0 spiro atoms. The smallest absolute Gasteiger partial charge is 0.131 e. The lowest BCUT2D eigenvalue weighted by molar-refractivity contribution is 0.185. The molecule has 0 unspecified atom stereocenters. The van der Waals surface area contributed by atoms with E-state index in [4.69, 9.17) is 15.5 Å². The number of benzene rings is 1. The summed E-state index contributed by atoms with van der Waals surface area (Å²) in [6, 6.07) is 8.14. The Kier molecular flexibility index (Phi) is 3.03. The number of rotatable bonds is 4. The topological polar surface area (TPSA) is 53.1 Å². The van der Waals surface area contributed by atoms with E-state index in [1.54, 1.807) is 7.11 Å². The molecule has 0 saturated heterocycles. The second kappa shape index (κ2) is 4.70. The largest absolute Gasteiger partial charge is 0.383 e. The van der Waals surface area contributed by atoms with Gasteiger partial charge in [-0.1, -0.05) is 24.3 Å². The standard InChI is InChI=1S/C15H19N3O/c1-18-14(16)13(17-15(18)10-7-8-10)12-6-4-3-5-11(12)9-19-2/h3-6,10H,7-9,16H2,1-2H3. The number of imidazole rings is 1. The highest BCUT2D eigenvalue weighted by atomic mass is 16.5. The molecule has 1 aromatic carbocycles. The van der Waals surface area contributed by atoms with Crippen LogP contribution in [0, 0.1) is 0 Å². The monoisotopic (exact) mass is 257 g/mol. The SMILES string of the molecule is COCc1ccccc1-c1nc(C2CC2)n(C)c1N. The lowest BCUT2D eigenvalue weighted by Gasteiger charge is -2.07. The van der Waals surface area contributed by atoms with Gasteiger partial charge in [-0.15, -0.1) is 0 Å². The summed E-state index contributed by atoms with van der Waals surface area (Å²) in [5, 5.41) is 0. The summed E-state index contributed by atoms with van der Waals surface area (Å²) < 4.78 is 7.28. The van der Waals surface area contributed by atoms with E-state index in [1.807, 2.05) is 23.7 Å². The van der Waals surface area contributed by atoms with Crippen LogP contribution in [0.25, 0.3) is 11.3 Å². The van der Waals surface area contributed by atoms with Gasteiger partial charge >= 0.3 is 0 Å². The molecular formula is C15H19N3O. The average molecular weight is 257 g/mol. The summed E-state index contributed by atoms with van der Waals surface area (Å²) in [6.07, 6.45) is 2.45. The molecule has 4 heteroatoms. The van der Waals surface area contributed by atoms with E-state index in [9.17, 15) is 0 Å². The first-order valence-corrected chi connectivity index (χ1v) is 6.61. The molecular weight excluding hydrogens is 238 g/mol. The summed E-state index contributed by atoms with van der Waals surface area (Å²) in [5.41, 5.74) is 9.31. The van der Waals surface area contributed by atoms with Crippen LogP contribution in [0.4, 0.5) is 5.82 Å². The van der Waals surface area contributed by atoms with Gasteiger partial charge in [0.05, 0.1) is 6.61 Å². The second-order valence-corrected chi connectivity index (χ2v) is 5.13. The van der Waals surface area contributed by atoms with Crippen molar-refractivity contribution in [2.75, 3.05) is 12.8 Å². The number of nitrogens with zero attached hydrogens (tertiary/aromatic N) is 2. The third-order valence-electron chi connectivity index (χ3n) is 3.69. The highest BCUT2D eigenvalue weighted by Crippen LogP contribution is 2.42. The number of anilines is 1. The Balaban J connectivity index is 2.09. The number of nitrogen functional groups attached to an aromatic ring is 1. The second-order valence-electron chi connectivity index (χ2n) is 5.13. The van der Waals surface area contributed by atoms with Gasteiger partial charge in [-0.3, -0.25) is 0 Å². The van der Waals surface area contributed by atoms with Gasteiger partial charge in [0.2, 0.25) is 0 Å². The summed E-state index contributed by atoms with van der Waals surface area (Å²) in [7, 11) is 3.70. The normalized spacial score (nSPS) is 14.8. The lowest BCUT2D eigenvalue weighted by atomic mass is 10.1. The van der Waals surface area contributed by atoms with Crippen molar-refractivity contribution in [2.24, 2.45) is 7.05 Å². The van der Waals surface area contributed by atoms with Crippen LogP contribution in [0.15, 0.2) is 24.3 Å². The number of nitrogens with two attached hydrogens (primary N) is 1. The minimum absolute atomic E-state index is 0.574. The van der Waals surface area contributed by atoms with E-state index in [1.165, 1.54) is 12.8 Å². The molecule has 0 atom stereocenters. The summed E-state index contributed by atoms with van der Waals surface area (Å²) in [4.78, 5) is 4.77. The molecule has 1 aliphatic rings. The van der Waals surface area contributed by atoms with Gasteiger partial charge in [-0.25, -0.2) is 4.98 Å². The van der Waals surface area contributed by atoms with E-state index in [0.29, 0.717) is 12.5 Å². The quantitative estimate of drug-likeness (QED) is 0.916. The predicted molar refractivity (Wildman–Crippen MR) is 75.7 cm³/mol. The molecule has 4 nitrogen and oxygen atoms in total. The maximum atomic E-state index is 6.23. The Hall–Kier alpha value is -1.81. The molecule has 3 rings (SSSR count). The molecule has 0 aliphatic heterocycles. The maximum absolute atomic E-state index is 6.23. The first-order chi connectivity index (χ1) is 9.22. The number of hydrogen-bond acceptors (Lipinski definition) is 3. The van der Waals surface area contributed by atoms with E-state index in [-0.39, 0.29) is 0 Å². The number of aromatic nitrogens is 2. The summed E-state index contributed by atoms with van der Waals surface area (Å²) >= 11 is 0. The van der Waals surface area contributed by atoms with Crippen LogP contribution < -0.4 is 5.73 Å². The van der Waals surface area contributed by atoms with Crippen LogP contribution in [0.2, 0.25) is 0 Å². The van der Waals surface area contributed by atoms with Gasteiger partial charge in [-0.2, -0.15) is 0 Å². The minimum Gasteiger partial charge on any atom is -0.383 e. The fourth-order valence-electron chi connectivity index (χ4n) is 2.47. The molecule has 0 amide bonds. The maximum Gasteiger partial charge on any atom is 0.131 e. The summed E-state index contributed by atoms with van der Waals surface area (Å²) in [5.74, 6) is 2.45. The van der Waals surface area contributed by atoms with Gasteiger partial charge < -0.3 is 15.0 Å². The fourth-order valence-corrected chi connectivity index (χ4v) is 2.47. The Morgan fingerprint density at radius 1 is 1.37 bits per heavy atom. The van der Waals surface area contributed by atoms with Crippen LogP contribution in [0.3, 0.4) is 0 Å². The van der Waals surface area contributed by atoms with Crippen LogP contribution in [-0.2, 0) is 18.4 Å². The molecule has 1 fully saturated rings.